The van der Waals surface area contributed by atoms with Crippen LogP contribution >= 0.6 is 0 Å². The van der Waals surface area contributed by atoms with Crippen molar-refractivity contribution in [3.05, 3.63) is 30.6 Å². The first-order valence-electron chi connectivity index (χ1n) is 6.51. The molecule has 19 heavy (non-hydrogen) atoms. The molecule has 5 nitrogen and oxygen atoms in total. The van der Waals surface area contributed by atoms with Gasteiger partial charge in [0.2, 0.25) is 5.91 Å². The number of rotatable bonds is 6. The van der Waals surface area contributed by atoms with Crippen molar-refractivity contribution in [3.8, 4) is 0 Å². The van der Waals surface area contributed by atoms with Gasteiger partial charge in [-0.15, -0.1) is 0 Å². The molecule has 0 saturated carbocycles. The van der Waals surface area contributed by atoms with Crippen molar-refractivity contribution in [2.45, 2.75) is 19.8 Å². The van der Waals surface area contributed by atoms with E-state index in [1.54, 1.807) is 6.33 Å². The second-order valence-electron chi connectivity index (χ2n) is 4.22. The molecule has 0 radical (unpaired) electrons. The highest BCUT2D eigenvalue weighted by atomic mass is 16.1. The number of anilines is 1. The predicted molar refractivity (Wildman–Crippen MR) is 75.9 cm³/mol. The third kappa shape index (κ3) is 3.64. The molecule has 0 spiro atoms. The first-order valence-corrected chi connectivity index (χ1v) is 6.51. The highest BCUT2D eigenvalue weighted by Crippen LogP contribution is 2.18. The molecule has 0 saturated heterocycles. The van der Waals surface area contributed by atoms with E-state index in [1.165, 1.54) is 0 Å². The van der Waals surface area contributed by atoms with Gasteiger partial charge in [-0.25, -0.2) is 9.97 Å². The van der Waals surface area contributed by atoms with Crippen molar-refractivity contribution < 1.29 is 4.79 Å². The average molecular weight is 258 g/mol. The Labute approximate surface area is 112 Å². The van der Waals surface area contributed by atoms with Gasteiger partial charge in [-0.05, 0) is 25.5 Å². The zero-order chi connectivity index (χ0) is 13.5. The molecule has 2 N–H and O–H groups in total. The lowest BCUT2D eigenvalue weighted by molar-refractivity contribution is -0.121. The molecule has 0 aliphatic rings. The van der Waals surface area contributed by atoms with Gasteiger partial charge in [0, 0.05) is 24.9 Å². The molecule has 1 heterocycles. The zero-order valence-electron chi connectivity index (χ0n) is 11.0. The van der Waals surface area contributed by atoms with Gasteiger partial charge in [-0.2, -0.15) is 0 Å². The van der Waals surface area contributed by atoms with E-state index < -0.39 is 0 Å². The Morgan fingerprint density at radius 2 is 2.11 bits per heavy atom. The number of aromatic nitrogens is 2. The zero-order valence-corrected chi connectivity index (χ0v) is 11.0. The third-order valence-corrected chi connectivity index (χ3v) is 2.79. The second kappa shape index (κ2) is 6.68. The summed E-state index contributed by atoms with van der Waals surface area (Å²) in [4.78, 5) is 19.7. The molecule has 1 aromatic heterocycles. The molecule has 0 unspecified atom stereocenters. The highest BCUT2D eigenvalue weighted by molar-refractivity contribution is 5.88. The van der Waals surface area contributed by atoms with Crippen LogP contribution in [0.25, 0.3) is 10.9 Å². The van der Waals surface area contributed by atoms with Gasteiger partial charge in [-0.3, -0.25) is 4.79 Å². The Morgan fingerprint density at radius 1 is 1.26 bits per heavy atom. The first kappa shape index (κ1) is 13.3. The number of nitrogens with zero attached hydrogens (tertiary/aromatic N) is 2. The van der Waals surface area contributed by atoms with Crippen LogP contribution in [0.3, 0.4) is 0 Å². The van der Waals surface area contributed by atoms with Crippen molar-refractivity contribution >= 4 is 22.6 Å². The molecule has 0 atom stereocenters. The van der Waals surface area contributed by atoms with Crippen LogP contribution in [-0.4, -0.2) is 29.0 Å². The Kier molecular flexibility index (Phi) is 4.66. The number of hydrogen-bond donors (Lipinski definition) is 2. The van der Waals surface area contributed by atoms with E-state index in [2.05, 4.69) is 20.6 Å². The third-order valence-electron chi connectivity index (χ3n) is 2.79. The van der Waals surface area contributed by atoms with E-state index in [0.29, 0.717) is 13.0 Å². The van der Waals surface area contributed by atoms with Crippen molar-refractivity contribution in [2.75, 3.05) is 18.4 Å². The van der Waals surface area contributed by atoms with Crippen molar-refractivity contribution in [2.24, 2.45) is 0 Å². The molecule has 100 valence electrons. The van der Waals surface area contributed by atoms with E-state index in [9.17, 15) is 4.79 Å². The summed E-state index contributed by atoms with van der Waals surface area (Å²) in [6, 6.07) is 7.86. The van der Waals surface area contributed by atoms with Crippen LogP contribution in [0.1, 0.15) is 19.8 Å². The predicted octanol–water partition coefficient (Wildman–Crippen LogP) is 1.96. The number of hydrogen-bond acceptors (Lipinski definition) is 4. The van der Waals surface area contributed by atoms with Gasteiger partial charge in [0.15, 0.2) is 0 Å². The van der Waals surface area contributed by atoms with Crippen LogP contribution < -0.4 is 10.6 Å². The Bertz CT molecular complexity index is 551. The number of benzene rings is 1. The number of carbonyl (C=O) groups excluding carboxylic acids is 1. The molecule has 5 heteroatoms. The van der Waals surface area contributed by atoms with E-state index in [4.69, 9.17) is 0 Å². The minimum atomic E-state index is 0.0943. The van der Waals surface area contributed by atoms with Gasteiger partial charge < -0.3 is 10.6 Å². The molecule has 1 amide bonds. The number of nitrogens with one attached hydrogen (secondary N) is 2. The molecule has 1 aromatic carbocycles. The molecular weight excluding hydrogens is 240 g/mol. The monoisotopic (exact) mass is 258 g/mol. The summed E-state index contributed by atoms with van der Waals surface area (Å²) < 4.78 is 0. The number of carbonyl (C=O) groups is 1. The number of amides is 1. The Morgan fingerprint density at radius 3 is 2.95 bits per heavy atom. The van der Waals surface area contributed by atoms with E-state index in [0.717, 1.165) is 29.7 Å². The van der Waals surface area contributed by atoms with Crippen molar-refractivity contribution in [3.63, 3.8) is 0 Å². The van der Waals surface area contributed by atoms with Gasteiger partial charge in [-0.1, -0.05) is 12.1 Å². The smallest absolute Gasteiger partial charge is 0.220 e. The maximum absolute atomic E-state index is 11.3. The lowest BCUT2D eigenvalue weighted by Gasteiger charge is -2.08. The summed E-state index contributed by atoms with van der Waals surface area (Å²) in [7, 11) is 0. The molecular formula is C14H18N4O. The fourth-order valence-electron chi connectivity index (χ4n) is 1.89. The Hall–Kier alpha value is -2.17. The topological polar surface area (TPSA) is 66.9 Å². The normalized spacial score (nSPS) is 10.4. The van der Waals surface area contributed by atoms with Gasteiger partial charge in [0.05, 0.1) is 5.52 Å². The fourth-order valence-corrected chi connectivity index (χ4v) is 1.89. The maximum atomic E-state index is 11.3. The lowest BCUT2D eigenvalue weighted by atomic mass is 10.2. The summed E-state index contributed by atoms with van der Waals surface area (Å²) in [5.41, 5.74) is 0.920. The van der Waals surface area contributed by atoms with E-state index >= 15 is 0 Å². The number of fused-ring (bicyclic) bond motifs is 1. The van der Waals surface area contributed by atoms with Crippen LogP contribution in [0.4, 0.5) is 5.82 Å². The summed E-state index contributed by atoms with van der Waals surface area (Å²) in [5.74, 6) is 0.915. The standard InChI is InChI=1S/C14H18N4O/c1-2-15-13(19)8-5-9-16-14-11-6-3-4-7-12(11)17-10-18-14/h3-4,6-7,10H,2,5,8-9H2,1H3,(H,15,19)(H,16,17,18). The molecule has 2 rings (SSSR count). The molecule has 0 fully saturated rings. The van der Waals surface area contributed by atoms with Gasteiger partial charge in [0.25, 0.3) is 0 Å². The Balaban J connectivity index is 1.90. The van der Waals surface area contributed by atoms with Crippen molar-refractivity contribution in [1.29, 1.82) is 0 Å². The fraction of sp³-hybridized carbons (Fsp3) is 0.357. The van der Waals surface area contributed by atoms with Crippen LogP contribution in [0.5, 0.6) is 0 Å². The summed E-state index contributed by atoms with van der Waals surface area (Å²) >= 11 is 0. The average Bonchev–Trinajstić information content (AvgIpc) is 2.44. The quantitative estimate of drug-likeness (QED) is 0.777. The maximum Gasteiger partial charge on any atom is 0.220 e. The summed E-state index contributed by atoms with van der Waals surface area (Å²) in [6.07, 6.45) is 2.86. The minimum Gasteiger partial charge on any atom is -0.369 e. The SMILES string of the molecule is CCNC(=O)CCCNc1ncnc2ccccc12. The van der Waals surface area contributed by atoms with Crippen LogP contribution in [0.2, 0.25) is 0 Å². The summed E-state index contributed by atoms with van der Waals surface area (Å²) in [5, 5.41) is 7.04. The minimum absolute atomic E-state index is 0.0943. The van der Waals surface area contributed by atoms with Crippen LogP contribution in [0.15, 0.2) is 30.6 Å². The first-order chi connectivity index (χ1) is 9.31. The largest absolute Gasteiger partial charge is 0.369 e. The highest BCUT2D eigenvalue weighted by Gasteiger charge is 2.03. The summed E-state index contributed by atoms with van der Waals surface area (Å²) in [6.45, 7) is 3.32. The van der Waals surface area contributed by atoms with E-state index in [1.807, 2.05) is 31.2 Å². The number of para-hydroxylation sites is 1. The van der Waals surface area contributed by atoms with Crippen molar-refractivity contribution in [1.82, 2.24) is 15.3 Å². The molecule has 0 aliphatic carbocycles. The molecule has 0 aliphatic heterocycles. The molecule has 0 bridgehead atoms. The van der Waals surface area contributed by atoms with Crippen LogP contribution in [0, 0.1) is 0 Å². The molecule has 2 aromatic rings. The van der Waals surface area contributed by atoms with Gasteiger partial charge in [0.1, 0.15) is 12.1 Å². The van der Waals surface area contributed by atoms with E-state index in [-0.39, 0.29) is 5.91 Å². The lowest BCUT2D eigenvalue weighted by Crippen LogP contribution is -2.23. The van der Waals surface area contributed by atoms with Crippen LogP contribution in [-0.2, 0) is 4.79 Å². The second-order valence-corrected chi connectivity index (χ2v) is 4.22. The van der Waals surface area contributed by atoms with Gasteiger partial charge >= 0.3 is 0 Å².